The van der Waals surface area contributed by atoms with E-state index in [2.05, 4.69) is 0 Å². The lowest BCUT2D eigenvalue weighted by atomic mass is 10.1. The standard InChI is InChI=1S/C8H3Cl4NO3/c1-2-4(9)3(8(12)14)7(13(15)16)6(11)5(2)10/h1H3. The van der Waals surface area contributed by atoms with Crippen LogP contribution in [0, 0.1) is 17.0 Å². The Morgan fingerprint density at radius 3 is 2.06 bits per heavy atom. The van der Waals surface area contributed by atoms with Crippen LogP contribution >= 0.6 is 46.4 Å². The van der Waals surface area contributed by atoms with Gasteiger partial charge in [-0.3, -0.25) is 14.9 Å². The monoisotopic (exact) mass is 301 g/mol. The number of nitrogens with zero attached hydrogens (tertiary/aromatic N) is 1. The summed E-state index contributed by atoms with van der Waals surface area (Å²) in [6.07, 6.45) is 0. The Labute approximate surface area is 110 Å². The molecule has 1 aromatic carbocycles. The van der Waals surface area contributed by atoms with E-state index < -0.39 is 21.4 Å². The average molecular weight is 303 g/mol. The molecule has 0 amide bonds. The van der Waals surface area contributed by atoms with E-state index in [1.807, 2.05) is 0 Å². The Balaban J connectivity index is 3.83. The molecule has 0 aromatic heterocycles. The highest BCUT2D eigenvalue weighted by atomic mass is 35.5. The van der Waals surface area contributed by atoms with Crippen LogP contribution in [0.5, 0.6) is 0 Å². The molecule has 0 fully saturated rings. The highest BCUT2D eigenvalue weighted by molar-refractivity contribution is 6.69. The van der Waals surface area contributed by atoms with E-state index in [9.17, 15) is 14.9 Å². The molecule has 0 aliphatic rings. The third-order valence-electron chi connectivity index (χ3n) is 1.89. The molecule has 0 N–H and O–H groups in total. The van der Waals surface area contributed by atoms with Crippen molar-refractivity contribution in [1.29, 1.82) is 0 Å². The molecule has 1 rings (SSSR count). The van der Waals surface area contributed by atoms with Crippen LogP contribution in [-0.4, -0.2) is 10.2 Å². The van der Waals surface area contributed by atoms with Gasteiger partial charge in [0.25, 0.3) is 5.24 Å². The first-order valence-electron chi connectivity index (χ1n) is 3.80. The Hall–Kier alpha value is -0.550. The van der Waals surface area contributed by atoms with Crippen molar-refractivity contribution in [3.8, 4) is 0 Å². The zero-order valence-electron chi connectivity index (χ0n) is 7.68. The van der Waals surface area contributed by atoms with Gasteiger partial charge in [-0.05, 0) is 24.1 Å². The van der Waals surface area contributed by atoms with Crippen molar-refractivity contribution >= 4 is 57.3 Å². The number of carbonyl (C=O) groups is 1. The summed E-state index contributed by atoms with van der Waals surface area (Å²) in [6.45, 7) is 1.48. The van der Waals surface area contributed by atoms with Crippen LogP contribution in [0.15, 0.2) is 0 Å². The van der Waals surface area contributed by atoms with Crippen LogP contribution < -0.4 is 0 Å². The molecule has 0 radical (unpaired) electrons. The number of rotatable bonds is 2. The maximum absolute atomic E-state index is 11.1. The van der Waals surface area contributed by atoms with Crippen molar-refractivity contribution in [3.63, 3.8) is 0 Å². The van der Waals surface area contributed by atoms with Crippen molar-refractivity contribution in [2.75, 3.05) is 0 Å². The van der Waals surface area contributed by atoms with Crippen molar-refractivity contribution in [1.82, 2.24) is 0 Å². The molecule has 0 heterocycles. The van der Waals surface area contributed by atoms with Crippen molar-refractivity contribution in [3.05, 3.63) is 36.3 Å². The third kappa shape index (κ3) is 2.11. The summed E-state index contributed by atoms with van der Waals surface area (Å²) in [5, 5.41) is 9.11. The van der Waals surface area contributed by atoms with Crippen molar-refractivity contribution < 1.29 is 9.72 Å². The van der Waals surface area contributed by atoms with Gasteiger partial charge in [-0.1, -0.05) is 34.8 Å². The van der Waals surface area contributed by atoms with Gasteiger partial charge < -0.3 is 0 Å². The summed E-state index contributed by atoms with van der Waals surface area (Å²) < 4.78 is 0. The summed E-state index contributed by atoms with van der Waals surface area (Å²) in [5.74, 6) is 0. The zero-order valence-corrected chi connectivity index (χ0v) is 10.7. The van der Waals surface area contributed by atoms with Gasteiger partial charge in [-0.2, -0.15) is 0 Å². The molecule has 0 aliphatic heterocycles. The molecule has 0 atom stereocenters. The number of nitro benzene ring substituents is 1. The maximum atomic E-state index is 11.1. The largest absolute Gasteiger partial charge is 0.303 e. The van der Waals surface area contributed by atoms with Gasteiger partial charge in [0.05, 0.1) is 15.0 Å². The van der Waals surface area contributed by atoms with Gasteiger partial charge in [0, 0.05) is 0 Å². The maximum Gasteiger partial charge on any atom is 0.303 e. The van der Waals surface area contributed by atoms with Gasteiger partial charge in [0.2, 0.25) is 0 Å². The van der Waals surface area contributed by atoms with Gasteiger partial charge in [0.15, 0.2) is 0 Å². The van der Waals surface area contributed by atoms with Gasteiger partial charge in [-0.15, -0.1) is 0 Å². The number of hydrogen-bond donors (Lipinski definition) is 0. The van der Waals surface area contributed by atoms with Crippen LogP contribution in [0.1, 0.15) is 15.9 Å². The number of benzene rings is 1. The van der Waals surface area contributed by atoms with E-state index in [1.165, 1.54) is 6.92 Å². The van der Waals surface area contributed by atoms with Crippen LogP contribution in [0.25, 0.3) is 0 Å². The zero-order chi connectivity index (χ0) is 12.6. The minimum atomic E-state index is -1.06. The quantitative estimate of drug-likeness (QED) is 0.355. The summed E-state index contributed by atoms with van der Waals surface area (Å²) in [5.41, 5.74) is -0.856. The molecule has 4 nitrogen and oxygen atoms in total. The van der Waals surface area contributed by atoms with E-state index in [0.717, 1.165) is 0 Å². The first-order chi connectivity index (χ1) is 7.29. The molecule has 86 valence electrons. The predicted octanol–water partition coefficient (Wildman–Crippen LogP) is 4.24. The van der Waals surface area contributed by atoms with Crippen molar-refractivity contribution in [2.45, 2.75) is 6.92 Å². The summed E-state index contributed by atoms with van der Waals surface area (Å²) in [4.78, 5) is 21.0. The molecule has 0 saturated heterocycles. The Kier molecular flexibility index (Phi) is 4.02. The van der Waals surface area contributed by atoms with Crippen molar-refractivity contribution in [2.24, 2.45) is 0 Å². The fourth-order valence-electron chi connectivity index (χ4n) is 1.12. The highest BCUT2D eigenvalue weighted by Crippen LogP contribution is 2.42. The number of hydrogen-bond acceptors (Lipinski definition) is 3. The lowest BCUT2D eigenvalue weighted by Gasteiger charge is -2.08. The van der Waals surface area contributed by atoms with E-state index in [-0.39, 0.29) is 20.6 Å². The lowest BCUT2D eigenvalue weighted by molar-refractivity contribution is -0.384. The second kappa shape index (κ2) is 4.75. The molecule has 0 saturated carbocycles. The van der Waals surface area contributed by atoms with Crippen LogP contribution in [0.4, 0.5) is 5.69 Å². The SMILES string of the molecule is Cc1c(Cl)c(Cl)c([N+](=O)[O-])c(C(=O)Cl)c1Cl. The van der Waals surface area contributed by atoms with Crippen LogP contribution in [0.2, 0.25) is 15.1 Å². The van der Waals surface area contributed by atoms with E-state index in [4.69, 9.17) is 46.4 Å². The number of halogens is 4. The topological polar surface area (TPSA) is 60.2 Å². The third-order valence-corrected chi connectivity index (χ3v) is 3.49. The fraction of sp³-hybridized carbons (Fsp3) is 0.125. The molecule has 1 aromatic rings. The molecule has 0 spiro atoms. The molecule has 16 heavy (non-hydrogen) atoms. The number of carbonyl (C=O) groups excluding carboxylic acids is 1. The Morgan fingerprint density at radius 2 is 1.69 bits per heavy atom. The normalized spacial score (nSPS) is 10.3. The second-order valence-corrected chi connectivity index (χ2v) is 4.30. The summed E-state index contributed by atoms with van der Waals surface area (Å²) in [6, 6.07) is 0. The van der Waals surface area contributed by atoms with E-state index >= 15 is 0 Å². The van der Waals surface area contributed by atoms with Gasteiger partial charge >= 0.3 is 5.69 Å². The smallest absolute Gasteiger partial charge is 0.275 e. The predicted molar refractivity (Wildman–Crippen MR) is 63.0 cm³/mol. The van der Waals surface area contributed by atoms with E-state index in [1.54, 1.807) is 0 Å². The molecule has 0 unspecified atom stereocenters. The van der Waals surface area contributed by atoms with Crippen LogP contribution in [0.3, 0.4) is 0 Å². The lowest BCUT2D eigenvalue weighted by Crippen LogP contribution is -2.03. The van der Waals surface area contributed by atoms with E-state index in [0.29, 0.717) is 0 Å². The number of nitro groups is 1. The summed E-state index contributed by atoms with van der Waals surface area (Å²) >= 11 is 22.4. The van der Waals surface area contributed by atoms with Gasteiger partial charge in [-0.25, -0.2) is 0 Å². The molecular weight excluding hydrogens is 300 g/mol. The Bertz CT molecular complexity index is 456. The molecule has 0 aliphatic carbocycles. The minimum absolute atomic E-state index is 0.0694. The first-order valence-corrected chi connectivity index (χ1v) is 5.31. The fourth-order valence-corrected chi connectivity index (χ4v) is 2.16. The molecular formula is C8H3Cl4NO3. The molecule has 8 heteroatoms. The van der Waals surface area contributed by atoms with Gasteiger partial charge in [0.1, 0.15) is 10.6 Å². The minimum Gasteiger partial charge on any atom is -0.275 e. The average Bonchev–Trinajstić information content (AvgIpc) is 2.18. The summed E-state index contributed by atoms with van der Waals surface area (Å²) in [7, 11) is 0. The second-order valence-electron chi connectivity index (χ2n) is 2.82. The highest BCUT2D eigenvalue weighted by Gasteiger charge is 2.30. The first kappa shape index (κ1) is 13.5. The Morgan fingerprint density at radius 1 is 1.19 bits per heavy atom. The van der Waals surface area contributed by atoms with Crippen LogP contribution in [-0.2, 0) is 0 Å². The molecule has 0 bridgehead atoms.